The number of nitrogens with zero attached hydrogens (tertiary/aromatic N) is 2. The molecule has 0 unspecified atom stereocenters. The number of ether oxygens (including phenoxy) is 1. The number of hydrogen-bond acceptors (Lipinski definition) is 4. The molecule has 4 nitrogen and oxygen atoms in total. The van der Waals surface area contributed by atoms with Gasteiger partial charge < -0.3 is 4.74 Å². The number of fused-ring (bicyclic) bond motifs is 3. The quantitative estimate of drug-likeness (QED) is 0.369. The number of aromatic nitrogens is 2. The summed E-state index contributed by atoms with van der Waals surface area (Å²) in [5, 5.41) is 1.11. The van der Waals surface area contributed by atoms with Gasteiger partial charge in [-0.25, -0.2) is 9.38 Å². The number of benzene rings is 3. The van der Waals surface area contributed by atoms with E-state index >= 15 is 0 Å². The predicted octanol–water partition coefficient (Wildman–Crippen LogP) is 5.34. The fourth-order valence-electron chi connectivity index (χ4n) is 3.30. The zero-order valence-electron chi connectivity index (χ0n) is 15.5. The maximum absolute atomic E-state index is 13.0. The zero-order valence-corrected chi connectivity index (χ0v) is 17.8. The number of hydrogen-bond donors (Lipinski definition) is 0. The molecule has 0 N–H and O–H groups in total. The van der Waals surface area contributed by atoms with Crippen LogP contribution in [0.5, 0.6) is 5.75 Å². The first-order chi connectivity index (χ1) is 14.6. The molecule has 0 bridgehead atoms. The van der Waals surface area contributed by atoms with Crippen molar-refractivity contribution in [2.75, 3.05) is 0 Å². The van der Waals surface area contributed by atoms with Crippen molar-refractivity contribution in [3.05, 3.63) is 103 Å². The molecule has 0 amide bonds. The molecule has 0 atom stereocenters. The van der Waals surface area contributed by atoms with Crippen molar-refractivity contribution in [1.29, 1.82) is 0 Å². The maximum atomic E-state index is 13.0. The van der Waals surface area contributed by atoms with Gasteiger partial charge in [0, 0.05) is 21.2 Å². The topological polar surface area (TPSA) is 43.6 Å². The lowest BCUT2D eigenvalue weighted by atomic mass is 10.2. The predicted molar refractivity (Wildman–Crippen MR) is 123 cm³/mol. The van der Waals surface area contributed by atoms with Crippen LogP contribution in [0, 0.1) is 0 Å². The van der Waals surface area contributed by atoms with Crippen LogP contribution in [0.25, 0.3) is 22.1 Å². The summed E-state index contributed by atoms with van der Waals surface area (Å²) in [6.07, 6.45) is 1.83. The second-order valence-electron chi connectivity index (χ2n) is 6.66. The molecule has 2 aromatic heterocycles. The Hall–Kier alpha value is -2.86. The van der Waals surface area contributed by atoms with Crippen LogP contribution in [-0.2, 0) is 6.61 Å². The molecule has 148 valence electrons. The van der Waals surface area contributed by atoms with Crippen LogP contribution in [0.15, 0.2) is 71.5 Å². The smallest absolute Gasteiger partial charge is 0.274 e. The highest BCUT2D eigenvalue weighted by atomic mass is 35.5. The minimum atomic E-state index is -0.0901. The number of rotatable bonds is 4. The summed E-state index contributed by atoms with van der Waals surface area (Å²) in [5.41, 5.74) is 3.06. The minimum absolute atomic E-state index is 0.0901. The van der Waals surface area contributed by atoms with Gasteiger partial charge in [0.25, 0.3) is 5.56 Å². The van der Waals surface area contributed by atoms with Crippen LogP contribution in [0.3, 0.4) is 0 Å². The number of imidazole rings is 1. The molecule has 0 aliphatic carbocycles. The van der Waals surface area contributed by atoms with E-state index in [0.717, 1.165) is 22.2 Å². The average Bonchev–Trinajstić information content (AvgIpc) is 3.25. The van der Waals surface area contributed by atoms with Gasteiger partial charge in [-0.05, 0) is 36.4 Å². The van der Waals surface area contributed by atoms with E-state index in [0.29, 0.717) is 25.3 Å². The van der Waals surface area contributed by atoms with Crippen LogP contribution >= 0.6 is 34.5 Å². The second kappa shape index (κ2) is 7.76. The lowest BCUT2D eigenvalue weighted by molar-refractivity contribution is 0.305. The molecular formula is C23H14Cl2N2O2S. The Balaban J connectivity index is 1.55. The average molecular weight is 453 g/mol. The summed E-state index contributed by atoms with van der Waals surface area (Å²) >= 11 is 13.8. The molecule has 5 aromatic rings. The van der Waals surface area contributed by atoms with Crippen LogP contribution < -0.4 is 14.8 Å². The number of halogens is 2. The summed E-state index contributed by atoms with van der Waals surface area (Å²) in [6, 6.07) is 20.5. The van der Waals surface area contributed by atoms with Crippen molar-refractivity contribution < 1.29 is 4.74 Å². The molecule has 30 heavy (non-hydrogen) atoms. The minimum Gasteiger partial charge on any atom is -0.488 e. The monoisotopic (exact) mass is 452 g/mol. The largest absolute Gasteiger partial charge is 0.488 e. The summed E-state index contributed by atoms with van der Waals surface area (Å²) in [6.45, 7) is 0.228. The Bertz CT molecular complexity index is 1490. The van der Waals surface area contributed by atoms with Crippen molar-refractivity contribution in [3.63, 3.8) is 0 Å². The highest BCUT2D eigenvalue weighted by molar-refractivity contribution is 7.15. The van der Waals surface area contributed by atoms with E-state index in [2.05, 4.69) is 4.98 Å². The first kappa shape index (κ1) is 19.1. The van der Waals surface area contributed by atoms with Gasteiger partial charge in [0.15, 0.2) is 4.96 Å². The van der Waals surface area contributed by atoms with Crippen molar-refractivity contribution in [2.45, 2.75) is 6.61 Å². The van der Waals surface area contributed by atoms with Gasteiger partial charge >= 0.3 is 0 Å². The third-order valence-electron chi connectivity index (χ3n) is 4.78. The molecule has 0 aliphatic heterocycles. The summed E-state index contributed by atoms with van der Waals surface area (Å²) < 4.78 is 8.25. The van der Waals surface area contributed by atoms with E-state index in [1.54, 1.807) is 22.6 Å². The standard InChI is InChI=1S/C23H14Cl2N2O2S/c24-16-7-5-8-17(25)15(16)13-29-20-11-4-1-6-14(20)12-21-22(28)27-19-10-3-2-9-18(19)26-23(27)30-21/h1-12H,13H2. The molecule has 0 fully saturated rings. The first-order valence-electron chi connectivity index (χ1n) is 9.18. The number of para-hydroxylation sites is 3. The van der Waals surface area contributed by atoms with Crippen LogP contribution in [0.1, 0.15) is 11.1 Å². The third kappa shape index (κ3) is 3.35. The van der Waals surface area contributed by atoms with Gasteiger partial charge in [-0.1, -0.05) is 70.9 Å². The SMILES string of the molecule is O=c1c(=Cc2ccccc2OCc2c(Cl)cccc2Cl)sc2nc3ccccc3n12. The molecule has 3 aromatic carbocycles. The molecule has 0 saturated carbocycles. The highest BCUT2D eigenvalue weighted by Gasteiger charge is 2.12. The van der Waals surface area contributed by atoms with Gasteiger partial charge in [0.2, 0.25) is 0 Å². The Morgan fingerprint density at radius 3 is 2.53 bits per heavy atom. The van der Waals surface area contributed by atoms with Crippen molar-refractivity contribution >= 4 is 56.6 Å². The molecule has 0 aliphatic rings. The van der Waals surface area contributed by atoms with Crippen LogP contribution in [0.2, 0.25) is 10.0 Å². The van der Waals surface area contributed by atoms with Gasteiger partial charge in [-0.2, -0.15) is 0 Å². The molecule has 0 saturated heterocycles. The third-order valence-corrected chi connectivity index (χ3v) is 6.46. The second-order valence-corrected chi connectivity index (χ2v) is 8.48. The molecule has 0 spiro atoms. The zero-order chi connectivity index (χ0) is 20.7. The van der Waals surface area contributed by atoms with Gasteiger partial charge in [0.1, 0.15) is 12.4 Å². The normalized spacial score (nSPS) is 12.1. The van der Waals surface area contributed by atoms with E-state index in [1.165, 1.54) is 11.3 Å². The summed E-state index contributed by atoms with van der Waals surface area (Å²) in [7, 11) is 0. The molecule has 7 heteroatoms. The van der Waals surface area contributed by atoms with E-state index in [-0.39, 0.29) is 12.2 Å². The van der Waals surface area contributed by atoms with E-state index in [1.807, 2.05) is 54.6 Å². The molecule has 5 rings (SSSR count). The van der Waals surface area contributed by atoms with E-state index in [4.69, 9.17) is 27.9 Å². The van der Waals surface area contributed by atoms with Gasteiger partial charge in [-0.3, -0.25) is 4.79 Å². The van der Waals surface area contributed by atoms with Crippen molar-refractivity contribution in [3.8, 4) is 5.75 Å². The van der Waals surface area contributed by atoms with Crippen molar-refractivity contribution in [1.82, 2.24) is 9.38 Å². The molecular weight excluding hydrogens is 439 g/mol. The number of thiazole rings is 1. The fourth-order valence-corrected chi connectivity index (χ4v) is 4.79. The van der Waals surface area contributed by atoms with E-state index < -0.39 is 0 Å². The molecule has 0 radical (unpaired) electrons. The Morgan fingerprint density at radius 2 is 1.70 bits per heavy atom. The Kier molecular flexibility index (Phi) is 4.95. The highest BCUT2D eigenvalue weighted by Crippen LogP contribution is 2.27. The Morgan fingerprint density at radius 1 is 0.967 bits per heavy atom. The van der Waals surface area contributed by atoms with Crippen LogP contribution in [0.4, 0.5) is 0 Å². The summed E-state index contributed by atoms with van der Waals surface area (Å²) in [5.74, 6) is 0.642. The van der Waals surface area contributed by atoms with E-state index in [9.17, 15) is 4.79 Å². The lowest BCUT2D eigenvalue weighted by Crippen LogP contribution is -2.22. The van der Waals surface area contributed by atoms with Crippen molar-refractivity contribution in [2.24, 2.45) is 0 Å². The first-order valence-corrected chi connectivity index (χ1v) is 10.8. The lowest BCUT2D eigenvalue weighted by Gasteiger charge is -2.11. The maximum Gasteiger partial charge on any atom is 0.274 e. The van der Waals surface area contributed by atoms with Gasteiger partial charge in [-0.15, -0.1) is 0 Å². The Labute approximate surface area is 185 Å². The fraction of sp³-hybridized carbons (Fsp3) is 0.0435. The van der Waals surface area contributed by atoms with Gasteiger partial charge in [0.05, 0.1) is 15.6 Å². The van der Waals surface area contributed by atoms with Crippen LogP contribution in [-0.4, -0.2) is 9.38 Å². The summed E-state index contributed by atoms with van der Waals surface area (Å²) in [4.78, 5) is 18.2. The molecule has 2 heterocycles.